The zero-order chi connectivity index (χ0) is 19.9. The molecule has 1 aromatic carbocycles. The van der Waals surface area contributed by atoms with Gasteiger partial charge in [0.25, 0.3) is 0 Å². The second-order valence-corrected chi connectivity index (χ2v) is 7.92. The lowest BCUT2D eigenvalue weighted by Crippen LogP contribution is -2.23. The predicted octanol–water partition coefficient (Wildman–Crippen LogP) is 4.21. The van der Waals surface area contributed by atoms with Crippen LogP contribution in [-0.2, 0) is 11.8 Å². The summed E-state index contributed by atoms with van der Waals surface area (Å²) in [6.07, 6.45) is 0.756. The summed E-state index contributed by atoms with van der Waals surface area (Å²) in [7, 11) is 0. The van der Waals surface area contributed by atoms with Gasteiger partial charge >= 0.3 is 0 Å². The van der Waals surface area contributed by atoms with Crippen LogP contribution in [-0.4, -0.2) is 30.7 Å². The quantitative estimate of drug-likeness (QED) is 0.521. The second-order valence-electron chi connectivity index (χ2n) is 7.06. The third-order valence-corrected chi connectivity index (χ3v) is 4.98. The van der Waals surface area contributed by atoms with E-state index in [-0.39, 0.29) is 5.41 Å². The molecule has 0 amide bonds. The first kappa shape index (κ1) is 21.0. The fourth-order valence-corrected chi connectivity index (χ4v) is 3.32. The van der Waals surface area contributed by atoms with E-state index in [9.17, 15) is 0 Å². The molecule has 6 nitrogen and oxygen atoms in total. The number of nitrogens with two attached hydrogens (primary N) is 1. The van der Waals surface area contributed by atoms with Gasteiger partial charge < -0.3 is 20.5 Å². The van der Waals surface area contributed by atoms with Crippen molar-refractivity contribution in [1.29, 1.82) is 0 Å². The molecular weight excluding hydrogens is 360 g/mol. The van der Waals surface area contributed by atoms with E-state index in [4.69, 9.17) is 15.2 Å². The molecule has 0 spiro atoms. The molecule has 1 heterocycles. The van der Waals surface area contributed by atoms with Crippen molar-refractivity contribution < 1.29 is 9.47 Å². The van der Waals surface area contributed by atoms with E-state index in [1.165, 1.54) is 0 Å². The van der Waals surface area contributed by atoms with Gasteiger partial charge in [0, 0.05) is 29.8 Å². The van der Waals surface area contributed by atoms with Gasteiger partial charge in [0.05, 0.1) is 29.6 Å². The Morgan fingerprint density at radius 1 is 1.22 bits per heavy atom. The van der Waals surface area contributed by atoms with Crippen LogP contribution in [0.15, 0.2) is 28.6 Å². The highest BCUT2D eigenvalue weighted by Gasteiger charge is 2.17. The number of benzene rings is 1. The summed E-state index contributed by atoms with van der Waals surface area (Å²) in [6, 6.07) is 5.61. The largest absolute Gasteiger partial charge is 0.494 e. The van der Waals surface area contributed by atoms with Gasteiger partial charge in [-0.1, -0.05) is 20.8 Å². The van der Waals surface area contributed by atoms with Crippen LogP contribution < -0.4 is 20.5 Å². The molecule has 7 heteroatoms. The molecule has 0 aliphatic carbocycles. The minimum absolute atomic E-state index is 0.0774. The standard InChI is InChI=1S/C20H30N4O2S/c1-6-25-15-8-9-17(26-7-2)16(12-15)24-19(21)22-11-10-14-13-27-18(23-14)20(3,4)5/h8-9,12-13H,6-7,10-11H2,1-5H3,(H3,21,22,24). The van der Waals surface area contributed by atoms with Gasteiger partial charge in [0.15, 0.2) is 5.96 Å². The third-order valence-electron chi connectivity index (χ3n) is 3.67. The molecular formula is C20H30N4O2S. The lowest BCUT2D eigenvalue weighted by molar-refractivity contribution is 0.332. The Morgan fingerprint density at radius 3 is 2.59 bits per heavy atom. The number of hydrogen-bond donors (Lipinski definition) is 2. The lowest BCUT2D eigenvalue weighted by Gasteiger charge is -2.14. The molecule has 1 aromatic heterocycles. The average Bonchev–Trinajstić information content (AvgIpc) is 3.07. The summed E-state index contributed by atoms with van der Waals surface area (Å²) in [6.45, 7) is 12.1. The molecule has 3 N–H and O–H groups in total. The van der Waals surface area contributed by atoms with E-state index in [0.717, 1.165) is 28.6 Å². The highest BCUT2D eigenvalue weighted by Crippen LogP contribution is 2.29. The summed E-state index contributed by atoms with van der Waals surface area (Å²) in [5.74, 6) is 1.82. The zero-order valence-corrected chi connectivity index (χ0v) is 17.7. The van der Waals surface area contributed by atoms with Crippen LogP contribution in [0.1, 0.15) is 45.3 Å². The number of rotatable bonds is 8. The van der Waals surface area contributed by atoms with Crippen LogP contribution in [0.3, 0.4) is 0 Å². The third kappa shape index (κ3) is 6.43. The summed E-state index contributed by atoms with van der Waals surface area (Å²) in [5.41, 5.74) is 7.93. The molecule has 0 aliphatic heterocycles. The van der Waals surface area contributed by atoms with Gasteiger partial charge in [-0.15, -0.1) is 11.3 Å². The van der Waals surface area contributed by atoms with E-state index in [1.54, 1.807) is 11.3 Å². The molecule has 0 saturated heterocycles. The smallest absolute Gasteiger partial charge is 0.193 e. The molecule has 0 atom stereocenters. The minimum Gasteiger partial charge on any atom is -0.494 e. The number of aliphatic imine (C=N–C) groups is 1. The Balaban J connectivity index is 2.00. The summed E-state index contributed by atoms with van der Waals surface area (Å²) >= 11 is 1.69. The molecule has 148 valence electrons. The molecule has 27 heavy (non-hydrogen) atoms. The van der Waals surface area contributed by atoms with E-state index in [2.05, 4.69) is 41.4 Å². The topological polar surface area (TPSA) is 81.8 Å². The van der Waals surface area contributed by atoms with Crippen molar-refractivity contribution in [2.75, 3.05) is 25.1 Å². The van der Waals surface area contributed by atoms with Crippen molar-refractivity contribution in [3.8, 4) is 11.5 Å². The van der Waals surface area contributed by atoms with Crippen molar-refractivity contribution in [1.82, 2.24) is 4.98 Å². The number of guanidine groups is 1. The van der Waals surface area contributed by atoms with Gasteiger partial charge in [-0.2, -0.15) is 0 Å². The van der Waals surface area contributed by atoms with Crippen LogP contribution in [0.5, 0.6) is 11.5 Å². The van der Waals surface area contributed by atoms with E-state index < -0.39 is 0 Å². The van der Waals surface area contributed by atoms with Gasteiger partial charge in [0.1, 0.15) is 11.5 Å². The predicted molar refractivity (Wildman–Crippen MR) is 113 cm³/mol. The molecule has 0 unspecified atom stereocenters. The van der Waals surface area contributed by atoms with E-state index in [0.29, 0.717) is 31.5 Å². The summed E-state index contributed by atoms with van der Waals surface area (Å²) < 4.78 is 11.2. The lowest BCUT2D eigenvalue weighted by atomic mass is 9.98. The maximum absolute atomic E-state index is 6.06. The number of nitrogens with one attached hydrogen (secondary N) is 1. The van der Waals surface area contributed by atoms with Crippen molar-refractivity contribution >= 4 is 23.0 Å². The van der Waals surface area contributed by atoms with Crippen molar-refractivity contribution in [2.24, 2.45) is 10.7 Å². The summed E-state index contributed by atoms with van der Waals surface area (Å²) in [4.78, 5) is 9.10. The van der Waals surface area contributed by atoms with Gasteiger partial charge in [-0.3, -0.25) is 4.99 Å². The van der Waals surface area contributed by atoms with Gasteiger partial charge in [-0.25, -0.2) is 4.98 Å². The molecule has 2 aromatic rings. The molecule has 0 fully saturated rings. The van der Waals surface area contributed by atoms with Crippen LogP contribution >= 0.6 is 11.3 Å². The SMILES string of the molecule is CCOc1ccc(OCC)c(NC(N)=NCCc2csc(C(C)(C)C)n2)c1. The number of nitrogens with zero attached hydrogens (tertiary/aromatic N) is 2. The fraction of sp³-hybridized carbons (Fsp3) is 0.500. The molecule has 2 rings (SSSR count). The van der Waals surface area contributed by atoms with Crippen LogP contribution in [0.4, 0.5) is 5.69 Å². The highest BCUT2D eigenvalue weighted by molar-refractivity contribution is 7.09. The molecule has 0 bridgehead atoms. The molecule has 0 saturated carbocycles. The van der Waals surface area contributed by atoms with Gasteiger partial charge in [0.2, 0.25) is 0 Å². The minimum atomic E-state index is 0.0774. The number of hydrogen-bond acceptors (Lipinski definition) is 5. The Labute approximate surface area is 165 Å². The first-order valence-corrected chi connectivity index (χ1v) is 10.1. The first-order valence-electron chi connectivity index (χ1n) is 9.25. The van der Waals surface area contributed by atoms with Crippen LogP contribution in [0, 0.1) is 0 Å². The number of aromatic nitrogens is 1. The maximum atomic E-state index is 6.06. The van der Waals surface area contributed by atoms with Crippen LogP contribution in [0.25, 0.3) is 0 Å². The Morgan fingerprint density at radius 2 is 1.96 bits per heavy atom. The Hall–Kier alpha value is -2.28. The monoisotopic (exact) mass is 390 g/mol. The molecule has 0 radical (unpaired) electrons. The normalized spacial score (nSPS) is 12.1. The molecule has 0 aliphatic rings. The Bertz CT molecular complexity index is 766. The van der Waals surface area contributed by atoms with Crippen LogP contribution in [0.2, 0.25) is 0 Å². The van der Waals surface area contributed by atoms with Crippen molar-refractivity contribution in [3.63, 3.8) is 0 Å². The van der Waals surface area contributed by atoms with Crippen molar-refractivity contribution in [2.45, 2.75) is 46.5 Å². The number of ether oxygens (including phenoxy) is 2. The fourth-order valence-electron chi connectivity index (χ4n) is 2.38. The van der Waals surface area contributed by atoms with Gasteiger partial charge in [-0.05, 0) is 26.0 Å². The summed E-state index contributed by atoms with van der Waals surface area (Å²) in [5, 5.41) is 6.35. The first-order chi connectivity index (χ1) is 12.8. The second kappa shape index (κ2) is 9.60. The Kier molecular flexibility index (Phi) is 7.47. The average molecular weight is 391 g/mol. The number of anilines is 1. The number of thiazole rings is 1. The maximum Gasteiger partial charge on any atom is 0.193 e. The van der Waals surface area contributed by atoms with Crippen molar-refractivity contribution in [3.05, 3.63) is 34.3 Å². The highest BCUT2D eigenvalue weighted by atomic mass is 32.1. The van der Waals surface area contributed by atoms with E-state index >= 15 is 0 Å². The zero-order valence-electron chi connectivity index (χ0n) is 16.8. The van der Waals surface area contributed by atoms with E-state index in [1.807, 2.05) is 32.0 Å².